The quantitative estimate of drug-likeness (QED) is 0.251. The van der Waals surface area contributed by atoms with E-state index in [1.807, 2.05) is 13.8 Å². The van der Waals surface area contributed by atoms with Crippen LogP contribution < -0.4 is 20.7 Å². The Morgan fingerprint density at radius 1 is 0.953 bits per heavy atom. The number of carbonyl (C=O) groups excluding carboxylic acids is 4. The summed E-state index contributed by atoms with van der Waals surface area (Å²) in [5.41, 5.74) is -0.912. The fraction of sp³-hybridized carbons (Fsp3) is 0.625. The van der Waals surface area contributed by atoms with Gasteiger partial charge in [0.1, 0.15) is 11.6 Å². The normalized spacial score (nSPS) is 26.3. The number of amides is 4. The zero-order valence-electron chi connectivity index (χ0n) is 25.3. The van der Waals surface area contributed by atoms with Crippen molar-refractivity contribution < 1.29 is 27.6 Å². The molecule has 1 aromatic rings. The number of nitrogens with one attached hydrogen (secondary N) is 4. The van der Waals surface area contributed by atoms with Crippen LogP contribution in [-0.4, -0.2) is 50.2 Å². The van der Waals surface area contributed by atoms with Gasteiger partial charge in [0.2, 0.25) is 27.7 Å². The maximum Gasteiger partial charge on any atom is 0.259 e. The minimum absolute atomic E-state index is 0.145. The van der Waals surface area contributed by atoms with Crippen LogP contribution in [0.3, 0.4) is 0 Å². The Balaban J connectivity index is 1.37. The van der Waals surface area contributed by atoms with Gasteiger partial charge in [0, 0.05) is 24.3 Å². The van der Waals surface area contributed by atoms with Gasteiger partial charge < -0.3 is 16.0 Å². The van der Waals surface area contributed by atoms with Crippen LogP contribution in [0.2, 0.25) is 0 Å². The summed E-state index contributed by atoms with van der Waals surface area (Å²) in [4.78, 5) is 53.3. The van der Waals surface area contributed by atoms with E-state index in [-0.39, 0.29) is 29.9 Å². The van der Waals surface area contributed by atoms with Gasteiger partial charge in [-0.05, 0) is 49.5 Å². The highest BCUT2D eigenvalue weighted by molar-refractivity contribution is 7.89. The summed E-state index contributed by atoms with van der Waals surface area (Å²) in [5.74, 6) is -3.71. The van der Waals surface area contributed by atoms with E-state index in [1.165, 1.54) is 25.3 Å². The minimum atomic E-state index is -4.02. The largest absolute Gasteiger partial charge is 0.354 e. The second-order valence-electron chi connectivity index (χ2n) is 12.8. The first-order chi connectivity index (χ1) is 20.5. The van der Waals surface area contributed by atoms with Gasteiger partial charge in [-0.2, -0.15) is 0 Å². The molecule has 0 radical (unpaired) electrons. The second-order valence-corrected chi connectivity index (χ2v) is 14.5. The van der Waals surface area contributed by atoms with E-state index in [2.05, 4.69) is 27.3 Å². The van der Waals surface area contributed by atoms with Crippen molar-refractivity contribution in [2.75, 3.05) is 6.54 Å². The van der Waals surface area contributed by atoms with Gasteiger partial charge in [-0.25, -0.2) is 8.42 Å². The van der Waals surface area contributed by atoms with Gasteiger partial charge in [0.25, 0.3) is 5.91 Å². The average Bonchev–Trinajstić information content (AvgIpc) is 3.46. The summed E-state index contributed by atoms with van der Waals surface area (Å²) in [6.45, 7) is 8.09. The zero-order chi connectivity index (χ0) is 31.2. The van der Waals surface area contributed by atoms with Crippen molar-refractivity contribution in [3.05, 3.63) is 48.6 Å². The zero-order valence-corrected chi connectivity index (χ0v) is 26.1. The summed E-state index contributed by atoms with van der Waals surface area (Å²) in [6, 6.07) is 7.78. The van der Waals surface area contributed by atoms with E-state index in [9.17, 15) is 27.6 Å². The summed E-state index contributed by atoms with van der Waals surface area (Å²) in [7, 11) is -4.02. The van der Waals surface area contributed by atoms with Gasteiger partial charge in [-0.15, -0.1) is 6.58 Å². The molecule has 236 valence electrons. The third-order valence-corrected chi connectivity index (χ3v) is 10.4. The van der Waals surface area contributed by atoms with Crippen molar-refractivity contribution in [3.8, 4) is 0 Å². The Labute approximate surface area is 255 Å². The molecular formula is C32H46N4O6S. The SMILES string of the molecule is C=CC1C[C@]1(NC(=O)[C@@H]1CCC[C@H]1C(=O)NC(C(=O)NCC1CCCCC1)C(C)C)C(=O)NS(=O)(=O)Cc1ccccc1. The van der Waals surface area contributed by atoms with E-state index in [4.69, 9.17) is 0 Å². The van der Waals surface area contributed by atoms with Gasteiger partial charge in [-0.3, -0.25) is 23.9 Å². The third-order valence-electron chi connectivity index (χ3n) is 9.22. The average molecular weight is 615 g/mol. The van der Waals surface area contributed by atoms with Crippen molar-refractivity contribution in [2.24, 2.45) is 29.6 Å². The number of hydrogen-bond donors (Lipinski definition) is 4. The first-order valence-electron chi connectivity index (χ1n) is 15.6. The molecule has 0 aromatic heterocycles. The smallest absolute Gasteiger partial charge is 0.259 e. The summed E-state index contributed by atoms with van der Waals surface area (Å²) >= 11 is 0. The van der Waals surface area contributed by atoms with Gasteiger partial charge in [0.05, 0.1) is 5.75 Å². The number of sulfonamides is 1. The lowest BCUT2D eigenvalue weighted by Crippen LogP contribution is -2.55. The van der Waals surface area contributed by atoms with Crippen molar-refractivity contribution in [1.82, 2.24) is 20.7 Å². The molecule has 0 aliphatic heterocycles. The Hall–Kier alpha value is -3.21. The molecule has 11 heteroatoms. The topological polar surface area (TPSA) is 151 Å². The van der Waals surface area contributed by atoms with E-state index in [0.717, 1.165) is 12.8 Å². The summed E-state index contributed by atoms with van der Waals surface area (Å²) in [5, 5.41) is 8.72. The lowest BCUT2D eigenvalue weighted by atomic mass is 9.89. The molecule has 5 atom stereocenters. The van der Waals surface area contributed by atoms with Crippen molar-refractivity contribution in [1.29, 1.82) is 0 Å². The van der Waals surface area contributed by atoms with Crippen LogP contribution in [-0.2, 0) is 35.0 Å². The molecule has 4 amide bonds. The van der Waals surface area contributed by atoms with Crippen molar-refractivity contribution in [2.45, 2.75) is 89.0 Å². The number of benzene rings is 1. The molecular weight excluding hydrogens is 568 g/mol. The fourth-order valence-electron chi connectivity index (χ4n) is 6.54. The molecule has 0 spiro atoms. The first kappa shape index (κ1) is 32.7. The number of rotatable bonds is 13. The molecule has 3 aliphatic rings. The first-order valence-corrected chi connectivity index (χ1v) is 17.2. The lowest BCUT2D eigenvalue weighted by Gasteiger charge is -2.28. The van der Waals surface area contributed by atoms with Crippen LogP contribution in [0.15, 0.2) is 43.0 Å². The molecule has 4 N–H and O–H groups in total. The second kappa shape index (κ2) is 14.1. The predicted molar refractivity (Wildman–Crippen MR) is 164 cm³/mol. The highest BCUT2D eigenvalue weighted by Crippen LogP contribution is 2.46. The molecule has 0 bridgehead atoms. The van der Waals surface area contributed by atoms with Gasteiger partial charge in [0.15, 0.2) is 0 Å². The van der Waals surface area contributed by atoms with E-state index in [1.54, 1.807) is 30.3 Å². The molecule has 3 fully saturated rings. The molecule has 3 saturated carbocycles. The molecule has 4 rings (SSSR count). The highest BCUT2D eigenvalue weighted by Gasteiger charge is 2.61. The van der Waals surface area contributed by atoms with Crippen LogP contribution in [0.5, 0.6) is 0 Å². The van der Waals surface area contributed by atoms with Crippen LogP contribution in [0.4, 0.5) is 0 Å². The highest BCUT2D eigenvalue weighted by atomic mass is 32.2. The molecule has 43 heavy (non-hydrogen) atoms. The number of carbonyl (C=O) groups is 4. The maximum absolute atomic E-state index is 13.5. The van der Waals surface area contributed by atoms with Crippen LogP contribution >= 0.6 is 0 Å². The van der Waals surface area contributed by atoms with E-state index in [0.29, 0.717) is 37.3 Å². The fourth-order valence-corrected chi connectivity index (χ4v) is 7.71. The molecule has 0 heterocycles. The van der Waals surface area contributed by atoms with Crippen molar-refractivity contribution >= 4 is 33.7 Å². The Morgan fingerprint density at radius 3 is 2.21 bits per heavy atom. The lowest BCUT2D eigenvalue weighted by molar-refractivity contribution is -0.137. The summed E-state index contributed by atoms with van der Waals surface area (Å²) < 4.78 is 27.6. The predicted octanol–water partition coefficient (Wildman–Crippen LogP) is 2.95. The summed E-state index contributed by atoms with van der Waals surface area (Å²) in [6.07, 6.45) is 9.11. The maximum atomic E-state index is 13.5. The molecule has 10 nitrogen and oxygen atoms in total. The van der Waals surface area contributed by atoms with Gasteiger partial charge in [-0.1, -0.05) is 75.9 Å². The monoisotopic (exact) mass is 614 g/mol. The third kappa shape index (κ3) is 8.25. The van der Waals surface area contributed by atoms with Crippen LogP contribution in [0.1, 0.15) is 77.2 Å². The van der Waals surface area contributed by atoms with E-state index >= 15 is 0 Å². The van der Waals surface area contributed by atoms with Crippen molar-refractivity contribution in [3.63, 3.8) is 0 Å². The minimum Gasteiger partial charge on any atom is -0.354 e. The van der Waals surface area contributed by atoms with Crippen LogP contribution in [0, 0.1) is 29.6 Å². The van der Waals surface area contributed by atoms with Gasteiger partial charge >= 0.3 is 0 Å². The Bertz CT molecular complexity index is 1290. The number of hydrogen-bond acceptors (Lipinski definition) is 6. The Kier molecular flexibility index (Phi) is 10.7. The van der Waals surface area contributed by atoms with E-state index < -0.39 is 51.2 Å². The molecule has 2 unspecified atom stereocenters. The van der Waals surface area contributed by atoms with Crippen LogP contribution in [0.25, 0.3) is 0 Å². The molecule has 3 aliphatic carbocycles. The Morgan fingerprint density at radius 2 is 1.60 bits per heavy atom. The molecule has 1 aromatic carbocycles. The standard InChI is InChI=1S/C32H46N4O6S/c1-4-24-18-32(24,31(40)36-43(41,42)20-23-14-9-6-10-15-23)35-29(38)26-17-11-16-25(26)28(37)34-27(21(2)3)30(39)33-19-22-12-7-5-8-13-22/h4,6,9-10,14-15,21-22,24-27H,1,5,7-8,11-13,16-20H2,2-3H3,(H,33,39)(H,34,37)(H,35,38)(H,36,40)/t24?,25-,26-,27?,32-/m1/s1. The molecule has 0 saturated heterocycles.